The predicted octanol–water partition coefficient (Wildman–Crippen LogP) is 4.33. The molecule has 0 spiro atoms. The lowest BCUT2D eigenvalue weighted by Crippen LogP contribution is -2.28. The van der Waals surface area contributed by atoms with Gasteiger partial charge in [-0.1, -0.05) is 41.5 Å². The number of fused-ring (bicyclic) bond motifs is 2. The molecule has 4 heterocycles. The molecular formula is C27H38N2O3. The Balaban J connectivity index is 1.50. The molecule has 2 aromatic rings. The van der Waals surface area contributed by atoms with E-state index in [9.17, 15) is 9.59 Å². The molecule has 0 aliphatic carbocycles. The Morgan fingerprint density at radius 2 is 1.66 bits per heavy atom. The number of ether oxygens (including phenoxy) is 1. The number of pyridine rings is 2. The molecule has 0 saturated heterocycles. The van der Waals surface area contributed by atoms with Crippen LogP contribution in [0, 0.1) is 12.3 Å². The van der Waals surface area contributed by atoms with Crippen molar-refractivity contribution in [2.24, 2.45) is 5.41 Å². The third-order valence-corrected chi connectivity index (χ3v) is 7.13. The van der Waals surface area contributed by atoms with Crippen LogP contribution in [-0.2, 0) is 37.1 Å². The van der Waals surface area contributed by atoms with Crippen molar-refractivity contribution in [3.63, 3.8) is 0 Å². The molecule has 0 aromatic carbocycles. The second-order valence-electron chi connectivity index (χ2n) is 11.2. The van der Waals surface area contributed by atoms with E-state index in [4.69, 9.17) is 4.74 Å². The zero-order valence-corrected chi connectivity index (χ0v) is 20.7. The summed E-state index contributed by atoms with van der Waals surface area (Å²) in [6.07, 6.45) is 2.32. The maximum Gasteiger partial charge on any atom is 0.254 e. The zero-order chi connectivity index (χ0) is 23.4. The lowest BCUT2D eigenvalue weighted by atomic mass is 9.88. The van der Waals surface area contributed by atoms with E-state index in [1.165, 1.54) is 16.8 Å². The first-order valence-corrected chi connectivity index (χ1v) is 12.1. The number of aryl methyl sites for hydroxylation is 1. The number of aromatic nitrogens is 2. The van der Waals surface area contributed by atoms with Gasteiger partial charge in [0.1, 0.15) is 0 Å². The van der Waals surface area contributed by atoms with E-state index >= 15 is 0 Å². The highest BCUT2D eigenvalue weighted by Gasteiger charge is 2.32. The van der Waals surface area contributed by atoms with Crippen LogP contribution in [0.1, 0.15) is 87.0 Å². The quantitative estimate of drug-likeness (QED) is 0.674. The number of hydrogen-bond donors (Lipinski definition) is 0. The summed E-state index contributed by atoms with van der Waals surface area (Å²) in [4.78, 5) is 25.8. The van der Waals surface area contributed by atoms with Gasteiger partial charge in [0.2, 0.25) is 0 Å². The molecule has 0 bridgehead atoms. The van der Waals surface area contributed by atoms with Crippen LogP contribution >= 0.6 is 0 Å². The van der Waals surface area contributed by atoms with Crippen LogP contribution in [0.3, 0.4) is 0 Å². The molecule has 2 aromatic heterocycles. The second-order valence-corrected chi connectivity index (χ2v) is 11.2. The summed E-state index contributed by atoms with van der Waals surface area (Å²) in [5.41, 5.74) is 6.87. The standard InChI is InChI=1S/C27H38N2O3/c1-16(2)21-10-18(5)25(30)28-14-20(12-23(21)28)32-9-8-19-11-22(17(3)4)24-13-27(6,7)15-29(24)26(19)31/h10-11,16-17,20H,8-9,12-15H2,1-7H3. The Morgan fingerprint density at radius 1 is 1.00 bits per heavy atom. The van der Waals surface area contributed by atoms with E-state index in [1.807, 2.05) is 22.1 Å². The fraction of sp³-hybridized carbons (Fsp3) is 0.630. The van der Waals surface area contributed by atoms with Crippen molar-refractivity contribution >= 4 is 0 Å². The highest BCUT2D eigenvalue weighted by Crippen LogP contribution is 2.34. The van der Waals surface area contributed by atoms with Crippen molar-refractivity contribution in [1.82, 2.24) is 9.13 Å². The molecule has 0 radical (unpaired) electrons. The van der Waals surface area contributed by atoms with Gasteiger partial charge in [-0.25, -0.2) is 0 Å². The molecule has 5 heteroatoms. The number of nitrogens with zero attached hydrogens (tertiary/aromatic N) is 2. The number of hydrogen-bond acceptors (Lipinski definition) is 3. The van der Waals surface area contributed by atoms with Crippen LogP contribution < -0.4 is 11.1 Å². The van der Waals surface area contributed by atoms with E-state index in [1.54, 1.807) is 0 Å². The molecule has 1 atom stereocenters. The summed E-state index contributed by atoms with van der Waals surface area (Å²) in [5, 5.41) is 0. The average molecular weight is 439 g/mol. The molecule has 1 unspecified atom stereocenters. The Kier molecular flexibility index (Phi) is 6.00. The minimum atomic E-state index is -0.0114. The van der Waals surface area contributed by atoms with E-state index in [2.05, 4.69) is 47.6 Å². The summed E-state index contributed by atoms with van der Waals surface area (Å²) in [6, 6.07) is 4.17. The van der Waals surface area contributed by atoms with E-state index in [0.29, 0.717) is 31.4 Å². The monoisotopic (exact) mass is 438 g/mol. The second kappa shape index (κ2) is 8.33. The van der Waals surface area contributed by atoms with Crippen molar-refractivity contribution < 1.29 is 4.74 Å². The topological polar surface area (TPSA) is 53.2 Å². The summed E-state index contributed by atoms with van der Waals surface area (Å²) in [7, 11) is 0. The minimum absolute atomic E-state index is 0.0114. The first-order valence-electron chi connectivity index (χ1n) is 12.1. The van der Waals surface area contributed by atoms with Crippen LogP contribution in [0.4, 0.5) is 0 Å². The van der Waals surface area contributed by atoms with Crippen LogP contribution in [0.15, 0.2) is 21.7 Å². The van der Waals surface area contributed by atoms with Crippen molar-refractivity contribution in [2.75, 3.05) is 6.61 Å². The summed E-state index contributed by atoms with van der Waals surface area (Å²) in [6.45, 7) is 17.0. The van der Waals surface area contributed by atoms with Crippen LogP contribution in [0.5, 0.6) is 0 Å². The van der Waals surface area contributed by atoms with Crippen LogP contribution in [0.25, 0.3) is 0 Å². The summed E-state index contributed by atoms with van der Waals surface area (Å²) in [5.74, 6) is 0.763. The number of rotatable bonds is 6. The first-order chi connectivity index (χ1) is 15.0. The van der Waals surface area contributed by atoms with Gasteiger partial charge in [-0.3, -0.25) is 9.59 Å². The molecule has 4 rings (SSSR count). The predicted molar refractivity (Wildman–Crippen MR) is 129 cm³/mol. The van der Waals surface area contributed by atoms with Gasteiger partial charge in [-0.05, 0) is 53.9 Å². The van der Waals surface area contributed by atoms with Gasteiger partial charge >= 0.3 is 0 Å². The Bertz CT molecular complexity index is 1150. The van der Waals surface area contributed by atoms with Crippen molar-refractivity contribution in [1.29, 1.82) is 0 Å². The van der Waals surface area contributed by atoms with Crippen molar-refractivity contribution in [2.45, 2.75) is 98.8 Å². The summed E-state index contributed by atoms with van der Waals surface area (Å²) < 4.78 is 10.1. The van der Waals surface area contributed by atoms with Gasteiger partial charge in [0, 0.05) is 41.9 Å². The third kappa shape index (κ3) is 4.12. The van der Waals surface area contributed by atoms with Gasteiger partial charge in [0.05, 0.1) is 19.3 Å². The van der Waals surface area contributed by atoms with Gasteiger partial charge in [-0.2, -0.15) is 0 Å². The van der Waals surface area contributed by atoms with Crippen molar-refractivity contribution in [3.8, 4) is 0 Å². The zero-order valence-electron chi connectivity index (χ0n) is 20.7. The Hall–Kier alpha value is -2.14. The summed E-state index contributed by atoms with van der Waals surface area (Å²) >= 11 is 0. The van der Waals surface area contributed by atoms with E-state index in [0.717, 1.165) is 36.2 Å². The largest absolute Gasteiger partial charge is 0.376 e. The van der Waals surface area contributed by atoms with Crippen LogP contribution in [-0.4, -0.2) is 21.8 Å². The molecular weight excluding hydrogens is 400 g/mol. The third-order valence-electron chi connectivity index (χ3n) is 7.13. The fourth-order valence-electron chi connectivity index (χ4n) is 5.49. The maximum atomic E-state index is 13.2. The molecule has 0 fully saturated rings. The SMILES string of the molecule is Cc1cc(C(C)C)c2n(c1=O)CC(OCCc1cc(C(C)C)c3n(c1=O)CC(C)(C)C3)C2. The molecule has 0 amide bonds. The molecule has 2 aliphatic rings. The van der Waals surface area contributed by atoms with Gasteiger partial charge in [0.25, 0.3) is 11.1 Å². The normalized spacial score (nSPS) is 19.1. The van der Waals surface area contributed by atoms with Crippen molar-refractivity contribution in [3.05, 3.63) is 66.5 Å². The van der Waals surface area contributed by atoms with Crippen LogP contribution in [0.2, 0.25) is 0 Å². The molecule has 174 valence electrons. The van der Waals surface area contributed by atoms with Gasteiger partial charge < -0.3 is 13.9 Å². The molecule has 2 aliphatic heterocycles. The average Bonchev–Trinajstić information content (AvgIpc) is 3.26. The minimum Gasteiger partial charge on any atom is -0.376 e. The fourth-order valence-corrected chi connectivity index (χ4v) is 5.49. The smallest absolute Gasteiger partial charge is 0.254 e. The molecule has 32 heavy (non-hydrogen) atoms. The van der Waals surface area contributed by atoms with Gasteiger partial charge in [0.15, 0.2) is 0 Å². The maximum absolute atomic E-state index is 13.2. The molecule has 5 nitrogen and oxygen atoms in total. The van der Waals surface area contributed by atoms with E-state index < -0.39 is 0 Å². The molecule has 0 N–H and O–H groups in total. The molecule has 0 saturated carbocycles. The highest BCUT2D eigenvalue weighted by molar-refractivity contribution is 5.33. The van der Waals surface area contributed by atoms with E-state index in [-0.39, 0.29) is 22.6 Å². The lowest BCUT2D eigenvalue weighted by molar-refractivity contribution is 0.0560. The lowest BCUT2D eigenvalue weighted by Gasteiger charge is -2.16. The Labute approximate surface area is 191 Å². The first kappa shape index (κ1) is 23.0. The van der Waals surface area contributed by atoms with Gasteiger partial charge in [-0.15, -0.1) is 0 Å². The highest BCUT2D eigenvalue weighted by atomic mass is 16.5. The Morgan fingerprint density at radius 3 is 2.31 bits per heavy atom.